The van der Waals surface area contributed by atoms with Crippen molar-refractivity contribution in [2.24, 2.45) is 0 Å². The molecule has 0 fully saturated rings. The van der Waals surface area contributed by atoms with E-state index < -0.39 is 10.1 Å². The molecule has 0 heterocycles. The standard InChI is InChI=1S/C10H15NO3S/c1-11(2)8-9-6-4-5-7-10(9)14-15(3,12)13/h4-7H,8H2,1-3H3. The molecule has 0 unspecified atom stereocenters. The molecule has 1 rings (SSSR count). The molecule has 0 aromatic heterocycles. The lowest BCUT2D eigenvalue weighted by Gasteiger charge is -2.13. The third-order valence-electron chi connectivity index (χ3n) is 1.70. The van der Waals surface area contributed by atoms with Crippen LogP contribution in [-0.2, 0) is 16.7 Å². The van der Waals surface area contributed by atoms with Crippen molar-refractivity contribution in [3.05, 3.63) is 29.8 Å². The van der Waals surface area contributed by atoms with E-state index in [-0.39, 0.29) is 0 Å². The highest BCUT2D eigenvalue weighted by atomic mass is 32.2. The zero-order chi connectivity index (χ0) is 11.5. The summed E-state index contributed by atoms with van der Waals surface area (Å²) in [6.07, 6.45) is 1.04. The van der Waals surface area contributed by atoms with Gasteiger partial charge in [-0.1, -0.05) is 18.2 Å². The Morgan fingerprint density at radius 3 is 2.40 bits per heavy atom. The van der Waals surface area contributed by atoms with Crippen LogP contribution >= 0.6 is 0 Å². The van der Waals surface area contributed by atoms with E-state index in [0.717, 1.165) is 11.8 Å². The summed E-state index contributed by atoms with van der Waals surface area (Å²) in [6.45, 7) is 0.645. The van der Waals surface area contributed by atoms with Gasteiger partial charge in [-0.25, -0.2) is 0 Å². The fourth-order valence-electron chi connectivity index (χ4n) is 1.22. The summed E-state index contributed by atoms with van der Waals surface area (Å²) in [5.41, 5.74) is 0.855. The molecule has 0 aliphatic carbocycles. The Bertz CT molecular complexity index is 426. The van der Waals surface area contributed by atoms with Crippen LogP contribution in [0.15, 0.2) is 24.3 Å². The average Bonchev–Trinajstić information content (AvgIpc) is 2.05. The average molecular weight is 229 g/mol. The number of hydrogen-bond donors (Lipinski definition) is 0. The molecule has 0 aliphatic heterocycles. The maximum Gasteiger partial charge on any atom is 0.306 e. The van der Waals surface area contributed by atoms with Crippen LogP contribution in [-0.4, -0.2) is 33.7 Å². The maximum absolute atomic E-state index is 11.0. The number of benzene rings is 1. The molecule has 1 aromatic carbocycles. The Kier molecular flexibility index (Phi) is 3.71. The number of hydrogen-bond acceptors (Lipinski definition) is 4. The molecule has 0 bridgehead atoms. The lowest BCUT2D eigenvalue weighted by molar-refractivity contribution is 0.394. The van der Waals surface area contributed by atoms with Gasteiger partial charge in [-0.3, -0.25) is 0 Å². The van der Waals surface area contributed by atoms with E-state index in [9.17, 15) is 8.42 Å². The molecule has 0 radical (unpaired) electrons. The number of nitrogens with zero attached hydrogens (tertiary/aromatic N) is 1. The van der Waals surface area contributed by atoms with Gasteiger partial charge in [0.25, 0.3) is 0 Å². The molecule has 0 spiro atoms. The van der Waals surface area contributed by atoms with Crippen LogP contribution in [0.25, 0.3) is 0 Å². The van der Waals surface area contributed by atoms with Gasteiger partial charge in [0.1, 0.15) is 5.75 Å². The predicted molar refractivity (Wildman–Crippen MR) is 59.3 cm³/mol. The first-order valence-corrected chi connectivity index (χ1v) is 6.32. The van der Waals surface area contributed by atoms with Gasteiger partial charge in [0.2, 0.25) is 0 Å². The molecule has 5 heteroatoms. The highest BCUT2D eigenvalue weighted by molar-refractivity contribution is 7.86. The summed E-state index contributed by atoms with van der Waals surface area (Å²) in [4.78, 5) is 1.95. The van der Waals surface area contributed by atoms with Crippen molar-refractivity contribution in [2.75, 3.05) is 20.4 Å². The van der Waals surface area contributed by atoms with Crippen LogP contribution in [0.1, 0.15) is 5.56 Å². The first-order valence-electron chi connectivity index (χ1n) is 4.50. The monoisotopic (exact) mass is 229 g/mol. The van der Waals surface area contributed by atoms with Gasteiger partial charge in [0.05, 0.1) is 6.26 Å². The van der Waals surface area contributed by atoms with Crippen molar-refractivity contribution in [1.82, 2.24) is 4.90 Å². The van der Waals surface area contributed by atoms with E-state index >= 15 is 0 Å². The lowest BCUT2D eigenvalue weighted by atomic mass is 10.2. The van der Waals surface area contributed by atoms with Gasteiger partial charge in [0, 0.05) is 12.1 Å². The van der Waals surface area contributed by atoms with Crippen LogP contribution < -0.4 is 4.18 Å². The van der Waals surface area contributed by atoms with E-state index in [4.69, 9.17) is 4.18 Å². The molecule has 0 atom stereocenters. The minimum atomic E-state index is -3.45. The van der Waals surface area contributed by atoms with Crippen molar-refractivity contribution in [2.45, 2.75) is 6.54 Å². The second-order valence-corrected chi connectivity index (χ2v) is 5.21. The van der Waals surface area contributed by atoms with Crippen LogP contribution in [0.3, 0.4) is 0 Å². The summed E-state index contributed by atoms with van der Waals surface area (Å²) >= 11 is 0. The Morgan fingerprint density at radius 2 is 1.87 bits per heavy atom. The molecular weight excluding hydrogens is 214 g/mol. The van der Waals surface area contributed by atoms with Crippen LogP contribution in [0.4, 0.5) is 0 Å². The van der Waals surface area contributed by atoms with Gasteiger partial charge >= 0.3 is 10.1 Å². The van der Waals surface area contributed by atoms with Gasteiger partial charge < -0.3 is 9.08 Å². The summed E-state index contributed by atoms with van der Waals surface area (Å²) in [5.74, 6) is 0.397. The smallest absolute Gasteiger partial charge is 0.306 e. The Hall–Kier alpha value is -1.07. The van der Waals surface area contributed by atoms with Gasteiger partial charge in [-0.15, -0.1) is 0 Å². The molecule has 0 aliphatic rings. The minimum Gasteiger partial charge on any atom is -0.382 e. The first-order chi connectivity index (χ1) is 6.88. The largest absolute Gasteiger partial charge is 0.382 e. The lowest BCUT2D eigenvalue weighted by Crippen LogP contribution is -2.13. The summed E-state index contributed by atoms with van der Waals surface area (Å²) < 4.78 is 26.9. The van der Waals surface area contributed by atoms with Crippen molar-refractivity contribution in [1.29, 1.82) is 0 Å². The third kappa shape index (κ3) is 4.31. The molecule has 0 saturated heterocycles. The fourth-order valence-corrected chi connectivity index (χ4v) is 1.71. The van der Waals surface area contributed by atoms with E-state index in [1.807, 2.05) is 31.1 Å². The van der Waals surface area contributed by atoms with E-state index in [0.29, 0.717) is 12.3 Å². The molecule has 1 aromatic rings. The normalized spacial score (nSPS) is 11.7. The number of para-hydroxylation sites is 1. The summed E-state index contributed by atoms with van der Waals surface area (Å²) in [6, 6.07) is 7.11. The zero-order valence-electron chi connectivity index (χ0n) is 9.10. The van der Waals surface area contributed by atoms with Gasteiger partial charge in [-0.2, -0.15) is 8.42 Å². The zero-order valence-corrected chi connectivity index (χ0v) is 9.91. The maximum atomic E-state index is 11.0. The molecule has 0 N–H and O–H groups in total. The Labute approximate surface area is 90.6 Å². The highest BCUT2D eigenvalue weighted by Crippen LogP contribution is 2.20. The first kappa shape index (κ1) is 12.0. The van der Waals surface area contributed by atoms with Crippen molar-refractivity contribution in [3.63, 3.8) is 0 Å². The van der Waals surface area contributed by atoms with E-state index in [1.54, 1.807) is 12.1 Å². The topological polar surface area (TPSA) is 46.6 Å². The van der Waals surface area contributed by atoms with Crippen molar-refractivity contribution >= 4 is 10.1 Å². The SMILES string of the molecule is CN(C)Cc1ccccc1OS(C)(=O)=O. The van der Waals surface area contributed by atoms with E-state index in [2.05, 4.69) is 0 Å². The van der Waals surface area contributed by atoms with Crippen LogP contribution in [0, 0.1) is 0 Å². The molecule has 15 heavy (non-hydrogen) atoms. The fraction of sp³-hybridized carbons (Fsp3) is 0.400. The van der Waals surface area contributed by atoms with Gasteiger partial charge in [0.15, 0.2) is 0 Å². The van der Waals surface area contributed by atoms with Crippen LogP contribution in [0.5, 0.6) is 5.75 Å². The quantitative estimate of drug-likeness (QED) is 0.725. The van der Waals surface area contributed by atoms with Crippen molar-refractivity contribution in [3.8, 4) is 5.75 Å². The Morgan fingerprint density at radius 1 is 1.27 bits per heavy atom. The summed E-state index contributed by atoms with van der Waals surface area (Å²) in [7, 11) is 0.374. The Balaban J connectivity index is 2.96. The third-order valence-corrected chi connectivity index (χ3v) is 2.18. The molecule has 84 valence electrons. The van der Waals surface area contributed by atoms with Crippen LogP contribution in [0.2, 0.25) is 0 Å². The molecule has 0 amide bonds. The van der Waals surface area contributed by atoms with E-state index in [1.165, 1.54) is 0 Å². The molecule has 0 saturated carbocycles. The molecule has 4 nitrogen and oxygen atoms in total. The predicted octanol–water partition coefficient (Wildman–Crippen LogP) is 1.09. The van der Waals surface area contributed by atoms with Gasteiger partial charge in [-0.05, 0) is 20.2 Å². The molecular formula is C10H15NO3S. The minimum absolute atomic E-state index is 0.397. The highest BCUT2D eigenvalue weighted by Gasteiger charge is 2.09. The summed E-state index contributed by atoms with van der Waals surface area (Å²) in [5, 5.41) is 0. The van der Waals surface area contributed by atoms with Crippen molar-refractivity contribution < 1.29 is 12.6 Å². The second kappa shape index (κ2) is 4.63. The second-order valence-electron chi connectivity index (χ2n) is 3.63. The number of rotatable bonds is 4.